The Morgan fingerprint density at radius 1 is 1.23 bits per heavy atom. The quantitative estimate of drug-likeness (QED) is 0.838. The molecule has 0 spiro atoms. The average Bonchev–Trinajstić information content (AvgIpc) is 2.82. The molecule has 1 N–H and O–H groups in total. The van der Waals surface area contributed by atoms with Gasteiger partial charge in [0.05, 0.1) is 6.54 Å². The van der Waals surface area contributed by atoms with Gasteiger partial charge in [-0.05, 0) is 33.6 Å². The summed E-state index contributed by atoms with van der Waals surface area (Å²) in [5.41, 5.74) is 0.425. The van der Waals surface area contributed by atoms with Gasteiger partial charge in [0.25, 0.3) is 5.91 Å². The van der Waals surface area contributed by atoms with Gasteiger partial charge in [-0.15, -0.1) is 11.3 Å². The summed E-state index contributed by atoms with van der Waals surface area (Å²) in [6.07, 6.45) is 0.532. The Balaban J connectivity index is 2.77. The molecule has 0 aromatic carbocycles. The third-order valence-electron chi connectivity index (χ3n) is 3.04. The standard InChI is InChI=1S/C16H27N3O2S/c1-10(2)7-15(20)19(12(5)6)8-14-18-13(9-22-14)16(21)17-11(3)4/h9-12H,7-8H2,1-6H3,(H,17,21). The summed E-state index contributed by atoms with van der Waals surface area (Å²) in [5.74, 6) is 0.299. The van der Waals surface area contributed by atoms with Crippen LogP contribution < -0.4 is 5.32 Å². The van der Waals surface area contributed by atoms with Crippen molar-refractivity contribution < 1.29 is 9.59 Å². The van der Waals surface area contributed by atoms with Gasteiger partial charge < -0.3 is 10.2 Å². The van der Waals surface area contributed by atoms with Crippen molar-refractivity contribution in [3.63, 3.8) is 0 Å². The average molecular weight is 325 g/mol. The molecule has 0 aliphatic heterocycles. The maximum absolute atomic E-state index is 12.3. The van der Waals surface area contributed by atoms with Crippen LogP contribution in [0.5, 0.6) is 0 Å². The molecule has 0 bridgehead atoms. The van der Waals surface area contributed by atoms with Gasteiger partial charge in [-0.3, -0.25) is 9.59 Å². The van der Waals surface area contributed by atoms with Crippen molar-refractivity contribution in [1.29, 1.82) is 0 Å². The van der Waals surface area contributed by atoms with Crippen LogP contribution in [0, 0.1) is 5.92 Å². The Labute approximate surface area is 137 Å². The zero-order valence-electron chi connectivity index (χ0n) is 14.3. The first-order chi connectivity index (χ1) is 10.2. The maximum Gasteiger partial charge on any atom is 0.270 e. The predicted octanol–water partition coefficient (Wildman–Crippen LogP) is 3.06. The number of nitrogens with one attached hydrogen (secondary N) is 1. The van der Waals surface area contributed by atoms with Gasteiger partial charge >= 0.3 is 0 Å². The van der Waals surface area contributed by atoms with Crippen molar-refractivity contribution in [3.05, 3.63) is 16.1 Å². The van der Waals surface area contributed by atoms with Gasteiger partial charge in [0.15, 0.2) is 0 Å². The van der Waals surface area contributed by atoms with E-state index in [-0.39, 0.29) is 23.9 Å². The van der Waals surface area contributed by atoms with Gasteiger partial charge in [0.1, 0.15) is 10.7 Å². The molecule has 0 saturated heterocycles. The molecule has 0 fully saturated rings. The molecule has 124 valence electrons. The summed E-state index contributed by atoms with van der Waals surface area (Å²) in [6, 6.07) is 0.195. The molecule has 0 saturated carbocycles. The third-order valence-corrected chi connectivity index (χ3v) is 3.87. The first kappa shape index (κ1) is 18.6. The molecule has 0 atom stereocenters. The van der Waals surface area contributed by atoms with E-state index in [9.17, 15) is 9.59 Å². The van der Waals surface area contributed by atoms with Crippen molar-refractivity contribution in [3.8, 4) is 0 Å². The molecule has 0 radical (unpaired) electrons. The summed E-state index contributed by atoms with van der Waals surface area (Å²) in [7, 11) is 0. The Kier molecular flexibility index (Phi) is 7.00. The Morgan fingerprint density at radius 2 is 1.86 bits per heavy atom. The number of carbonyl (C=O) groups excluding carboxylic acids is 2. The maximum atomic E-state index is 12.3. The second-order valence-electron chi connectivity index (χ2n) is 6.47. The largest absolute Gasteiger partial charge is 0.349 e. The molecule has 0 aliphatic carbocycles. The first-order valence-electron chi connectivity index (χ1n) is 7.75. The molecule has 5 nitrogen and oxygen atoms in total. The fourth-order valence-corrected chi connectivity index (χ4v) is 2.77. The van der Waals surface area contributed by atoms with Gasteiger partial charge in [0, 0.05) is 23.9 Å². The molecule has 1 aromatic heterocycles. The second kappa shape index (κ2) is 8.27. The van der Waals surface area contributed by atoms with E-state index < -0.39 is 0 Å². The zero-order chi connectivity index (χ0) is 16.9. The molecule has 1 rings (SSSR count). The van der Waals surface area contributed by atoms with Crippen molar-refractivity contribution in [2.24, 2.45) is 5.92 Å². The highest BCUT2D eigenvalue weighted by Crippen LogP contribution is 2.16. The highest BCUT2D eigenvalue weighted by Gasteiger charge is 2.20. The number of hydrogen-bond donors (Lipinski definition) is 1. The predicted molar refractivity (Wildman–Crippen MR) is 89.9 cm³/mol. The fraction of sp³-hybridized carbons (Fsp3) is 0.688. The second-order valence-corrected chi connectivity index (χ2v) is 7.41. The van der Waals surface area contributed by atoms with Crippen LogP contribution >= 0.6 is 11.3 Å². The van der Waals surface area contributed by atoms with E-state index >= 15 is 0 Å². The minimum atomic E-state index is -0.165. The summed E-state index contributed by atoms with van der Waals surface area (Å²) in [4.78, 5) is 30.4. The summed E-state index contributed by atoms with van der Waals surface area (Å²) >= 11 is 1.42. The lowest BCUT2D eigenvalue weighted by Gasteiger charge is -2.26. The smallest absolute Gasteiger partial charge is 0.270 e. The number of hydrogen-bond acceptors (Lipinski definition) is 4. The number of carbonyl (C=O) groups is 2. The Morgan fingerprint density at radius 3 is 2.36 bits per heavy atom. The van der Waals surface area contributed by atoms with E-state index in [1.54, 1.807) is 5.38 Å². The van der Waals surface area contributed by atoms with Crippen molar-refractivity contribution >= 4 is 23.2 Å². The minimum Gasteiger partial charge on any atom is -0.349 e. The molecular formula is C16H27N3O2S. The van der Waals surface area contributed by atoms with Crippen molar-refractivity contribution in [2.45, 2.75) is 66.6 Å². The number of amides is 2. The van der Waals surface area contributed by atoms with Crippen LogP contribution in [0.2, 0.25) is 0 Å². The fourth-order valence-electron chi connectivity index (χ4n) is 1.99. The van der Waals surface area contributed by atoms with Crippen molar-refractivity contribution in [2.75, 3.05) is 0 Å². The van der Waals surface area contributed by atoms with E-state index in [0.29, 0.717) is 24.6 Å². The molecule has 0 aliphatic rings. The van der Waals surface area contributed by atoms with Crippen LogP contribution in [-0.4, -0.2) is 33.8 Å². The molecule has 6 heteroatoms. The number of aromatic nitrogens is 1. The molecule has 1 aromatic rings. The van der Waals surface area contributed by atoms with Crippen LogP contribution in [0.3, 0.4) is 0 Å². The molecule has 0 unspecified atom stereocenters. The third kappa shape index (κ3) is 5.75. The van der Waals surface area contributed by atoms with Gasteiger partial charge in [-0.25, -0.2) is 4.98 Å². The lowest BCUT2D eigenvalue weighted by molar-refractivity contribution is -0.134. The van der Waals surface area contributed by atoms with E-state index in [1.807, 2.05) is 46.4 Å². The summed E-state index contributed by atoms with van der Waals surface area (Å²) in [5, 5.41) is 5.36. The van der Waals surface area contributed by atoms with Gasteiger partial charge in [0.2, 0.25) is 5.91 Å². The Bertz CT molecular complexity index is 509. The topological polar surface area (TPSA) is 62.3 Å². The van der Waals surface area contributed by atoms with E-state index in [1.165, 1.54) is 11.3 Å². The molecule has 22 heavy (non-hydrogen) atoms. The number of nitrogens with zero attached hydrogens (tertiary/aromatic N) is 2. The van der Waals surface area contributed by atoms with Gasteiger partial charge in [-0.2, -0.15) is 0 Å². The lowest BCUT2D eigenvalue weighted by Crippen LogP contribution is -2.37. The molecule has 2 amide bonds. The lowest BCUT2D eigenvalue weighted by atomic mass is 10.1. The summed E-state index contributed by atoms with van der Waals surface area (Å²) < 4.78 is 0. The van der Waals surface area contributed by atoms with Crippen LogP contribution in [0.4, 0.5) is 0 Å². The van der Waals surface area contributed by atoms with Crippen LogP contribution in [-0.2, 0) is 11.3 Å². The van der Waals surface area contributed by atoms with Crippen LogP contribution in [0.1, 0.15) is 63.5 Å². The highest BCUT2D eigenvalue weighted by molar-refractivity contribution is 7.09. The summed E-state index contributed by atoms with van der Waals surface area (Å²) in [6.45, 7) is 12.4. The molecule has 1 heterocycles. The molecular weight excluding hydrogens is 298 g/mol. The van der Waals surface area contributed by atoms with Gasteiger partial charge in [-0.1, -0.05) is 13.8 Å². The van der Waals surface area contributed by atoms with E-state index in [2.05, 4.69) is 10.3 Å². The van der Waals surface area contributed by atoms with Crippen LogP contribution in [0.15, 0.2) is 5.38 Å². The normalized spacial score (nSPS) is 11.3. The van der Waals surface area contributed by atoms with Crippen molar-refractivity contribution in [1.82, 2.24) is 15.2 Å². The zero-order valence-corrected chi connectivity index (χ0v) is 15.2. The number of rotatable bonds is 7. The van der Waals surface area contributed by atoms with E-state index in [4.69, 9.17) is 0 Å². The number of thiazole rings is 1. The van der Waals surface area contributed by atoms with E-state index in [0.717, 1.165) is 5.01 Å². The SMILES string of the molecule is CC(C)CC(=O)N(Cc1nc(C(=O)NC(C)C)cs1)C(C)C. The minimum absolute atomic E-state index is 0.0810. The monoisotopic (exact) mass is 325 g/mol. The highest BCUT2D eigenvalue weighted by atomic mass is 32.1. The first-order valence-corrected chi connectivity index (χ1v) is 8.63. The Hall–Kier alpha value is -1.43. The van der Waals surface area contributed by atoms with Crippen LogP contribution in [0.25, 0.3) is 0 Å².